The summed E-state index contributed by atoms with van der Waals surface area (Å²) >= 11 is 1.44. The number of nitrogens with zero attached hydrogens (tertiary/aromatic N) is 1. The molecule has 0 atom stereocenters. The Morgan fingerprint density at radius 2 is 1.76 bits per heavy atom. The van der Waals surface area contributed by atoms with E-state index in [4.69, 9.17) is 9.47 Å². The lowest BCUT2D eigenvalue weighted by Gasteiger charge is -2.27. The molecule has 0 amide bonds. The highest BCUT2D eigenvalue weighted by Crippen LogP contribution is 2.37. The first kappa shape index (κ1) is 16.4. The van der Waals surface area contributed by atoms with Crippen molar-refractivity contribution in [2.24, 2.45) is 0 Å². The molecule has 8 heteroatoms. The fourth-order valence-corrected chi connectivity index (χ4v) is 4.49. The molecule has 6 nitrogen and oxygen atoms in total. The van der Waals surface area contributed by atoms with E-state index in [9.17, 15) is 8.42 Å². The lowest BCUT2D eigenvalue weighted by Crippen LogP contribution is -2.46. The largest absolute Gasteiger partial charge is 0.495 e. The lowest BCUT2D eigenvalue weighted by atomic mass is 10.3. The van der Waals surface area contributed by atoms with Gasteiger partial charge in [0.05, 0.1) is 19.1 Å². The maximum atomic E-state index is 12.8. The minimum Gasteiger partial charge on any atom is -0.495 e. The third kappa shape index (κ3) is 3.28. The zero-order valence-electron chi connectivity index (χ0n) is 12.4. The van der Waals surface area contributed by atoms with Gasteiger partial charge in [0.2, 0.25) is 10.0 Å². The Morgan fingerprint density at radius 1 is 1.14 bits per heavy atom. The first-order chi connectivity index (χ1) is 10.0. The molecule has 1 aromatic rings. The third-order valence-electron chi connectivity index (χ3n) is 3.36. The Morgan fingerprint density at radius 3 is 2.29 bits per heavy atom. The van der Waals surface area contributed by atoms with Gasteiger partial charge < -0.3 is 14.8 Å². The molecular formula is C13H20N2O4S2. The molecule has 1 aliphatic heterocycles. The molecular weight excluding hydrogens is 312 g/mol. The first-order valence-electron chi connectivity index (χ1n) is 6.55. The number of ether oxygens (including phenoxy) is 2. The quantitative estimate of drug-likeness (QED) is 0.812. The monoisotopic (exact) mass is 332 g/mol. The van der Waals surface area contributed by atoms with Gasteiger partial charge in [-0.2, -0.15) is 4.31 Å². The summed E-state index contributed by atoms with van der Waals surface area (Å²) in [6.07, 6.45) is 1.88. The second kappa shape index (κ2) is 6.87. The summed E-state index contributed by atoms with van der Waals surface area (Å²) in [4.78, 5) is 0.962. The lowest BCUT2D eigenvalue weighted by molar-refractivity contribution is 0.352. The predicted molar refractivity (Wildman–Crippen MR) is 83.0 cm³/mol. The van der Waals surface area contributed by atoms with Crippen LogP contribution in [-0.4, -0.2) is 59.4 Å². The molecule has 21 heavy (non-hydrogen) atoms. The van der Waals surface area contributed by atoms with Crippen molar-refractivity contribution in [3.05, 3.63) is 12.1 Å². The van der Waals surface area contributed by atoms with E-state index < -0.39 is 10.0 Å². The molecule has 1 heterocycles. The summed E-state index contributed by atoms with van der Waals surface area (Å²) in [6.45, 7) is 2.25. The van der Waals surface area contributed by atoms with Crippen LogP contribution in [0, 0.1) is 0 Å². The summed E-state index contributed by atoms with van der Waals surface area (Å²) in [7, 11) is -0.546. The average molecular weight is 332 g/mol. The summed E-state index contributed by atoms with van der Waals surface area (Å²) in [5.74, 6) is 0.918. The second-order valence-electron chi connectivity index (χ2n) is 4.51. The van der Waals surface area contributed by atoms with E-state index in [0.717, 1.165) is 4.90 Å². The van der Waals surface area contributed by atoms with Crippen molar-refractivity contribution in [2.45, 2.75) is 9.79 Å². The number of sulfonamides is 1. The molecule has 2 rings (SSSR count). The Kier molecular flexibility index (Phi) is 5.37. The van der Waals surface area contributed by atoms with E-state index in [2.05, 4.69) is 5.32 Å². The molecule has 1 aliphatic rings. The van der Waals surface area contributed by atoms with E-state index in [0.29, 0.717) is 37.7 Å². The summed E-state index contributed by atoms with van der Waals surface area (Å²) in [5.41, 5.74) is 0. The van der Waals surface area contributed by atoms with Gasteiger partial charge in [-0.1, -0.05) is 0 Å². The molecule has 0 radical (unpaired) electrons. The molecule has 1 saturated heterocycles. The summed E-state index contributed by atoms with van der Waals surface area (Å²) < 4.78 is 37.6. The fraction of sp³-hybridized carbons (Fsp3) is 0.538. The van der Waals surface area contributed by atoms with Crippen LogP contribution in [0.1, 0.15) is 0 Å². The minimum atomic E-state index is -3.56. The van der Waals surface area contributed by atoms with Crippen molar-refractivity contribution in [3.8, 4) is 11.5 Å². The van der Waals surface area contributed by atoms with Crippen LogP contribution < -0.4 is 14.8 Å². The van der Waals surface area contributed by atoms with Crippen LogP contribution in [0.2, 0.25) is 0 Å². The summed E-state index contributed by atoms with van der Waals surface area (Å²) in [6, 6.07) is 3.25. The average Bonchev–Trinajstić information content (AvgIpc) is 2.54. The van der Waals surface area contributed by atoms with Crippen molar-refractivity contribution in [1.82, 2.24) is 9.62 Å². The van der Waals surface area contributed by atoms with Gasteiger partial charge in [-0.05, 0) is 12.3 Å². The molecule has 1 fully saturated rings. The maximum Gasteiger partial charge on any atom is 0.246 e. The van der Waals surface area contributed by atoms with Crippen LogP contribution in [0.3, 0.4) is 0 Å². The standard InChI is InChI=1S/C13H20N2O4S2/c1-18-10-8-11(19-2)13(9-12(10)20-3)21(16,17)15-6-4-14-5-7-15/h8-9,14H,4-7H2,1-3H3. The molecule has 0 saturated carbocycles. The Labute approximate surface area is 129 Å². The number of thioether (sulfide) groups is 1. The van der Waals surface area contributed by atoms with Gasteiger partial charge in [-0.25, -0.2) is 8.42 Å². The van der Waals surface area contributed by atoms with Crippen molar-refractivity contribution >= 4 is 21.8 Å². The first-order valence-corrected chi connectivity index (χ1v) is 9.22. The number of nitrogens with one attached hydrogen (secondary N) is 1. The number of benzene rings is 1. The Hall–Kier alpha value is -0.960. The van der Waals surface area contributed by atoms with E-state index in [1.165, 1.54) is 23.2 Å². The number of rotatable bonds is 5. The number of piperazine rings is 1. The minimum absolute atomic E-state index is 0.192. The van der Waals surface area contributed by atoms with E-state index in [1.807, 2.05) is 6.26 Å². The van der Waals surface area contributed by atoms with Gasteiger partial charge in [0, 0.05) is 32.2 Å². The summed E-state index contributed by atoms with van der Waals surface area (Å²) in [5, 5.41) is 3.15. The molecule has 1 N–H and O–H groups in total. The van der Waals surface area contributed by atoms with Crippen molar-refractivity contribution in [2.75, 3.05) is 46.7 Å². The smallest absolute Gasteiger partial charge is 0.246 e. The third-order valence-corrected chi connectivity index (χ3v) is 6.04. The zero-order valence-corrected chi connectivity index (χ0v) is 14.0. The molecule has 118 valence electrons. The highest BCUT2D eigenvalue weighted by Gasteiger charge is 2.30. The highest BCUT2D eigenvalue weighted by atomic mass is 32.2. The predicted octanol–water partition coefficient (Wildman–Crippen LogP) is 1.02. The van der Waals surface area contributed by atoms with Crippen molar-refractivity contribution in [1.29, 1.82) is 0 Å². The van der Waals surface area contributed by atoms with Gasteiger partial charge in [0.25, 0.3) is 0 Å². The van der Waals surface area contributed by atoms with E-state index in [-0.39, 0.29) is 4.90 Å². The topological polar surface area (TPSA) is 67.9 Å². The Bertz CT molecular complexity index is 598. The van der Waals surface area contributed by atoms with Crippen LogP contribution in [0.4, 0.5) is 0 Å². The molecule has 1 aromatic carbocycles. The second-order valence-corrected chi connectivity index (χ2v) is 7.27. The fourth-order valence-electron chi connectivity index (χ4n) is 2.23. The van der Waals surface area contributed by atoms with Gasteiger partial charge in [0.1, 0.15) is 16.4 Å². The highest BCUT2D eigenvalue weighted by molar-refractivity contribution is 7.98. The van der Waals surface area contributed by atoms with Gasteiger partial charge in [-0.3, -0.25) is 0 Å². The molecule has 0 bridgehead atoms. The van der Waals surface area contributed by atoms with Crippen LogP contribution in [0.15, 0.2) is 21.9 Å². The number of hydrogen-bond donors (Lipinski definition) is 1. The maximum absolute atomic E-state index is 12.8. The zero-order chi connectivity index (χ0) is 15.5. The normalized spacial score (nSPS) is 16.7. The van der Waals surface area contributed by atoms with Gasteiger partial charge in [-0.15, -0.1) is 11.8 Å². The van der Waals surface area contributed by atoms with Crippen LogP contribution in [0.5, 0.6) is 11.5 Å². The van der Waals surface area contributed by atoms with Crippen LogP contribution in [0.25, 0.3) is 0 Å². The SMILES string of the molecule is COc1cc(OC)c(S(=O)(=O)N2CCNCC2)cc1SC. The van der Waals surface area contributed by atoms with Crippen LogP contribution >= 0.6 is 11.8 Å². The molecule has 0 aliphatic carbocycles. The molecule has 0 unspecified atom stereocenters. The van der Waals surface area contributed by atoms with Gasteiger partial charge in [0.15, 0.2) is 0 Å². The number of hydrogen-bond acceptors (Lipinski definition) is 6. The van der Waals surface area contributed by atoms with E-state index in [1.54, 1.807) is 19.2 Å². The van der Waals surface area contributed by atoms with Gasteiger partial charge >= 0.3 is 0 Å². The molecule has 0 aromatic heterocycles. The Balaban J connectivity index is 2.50. The molecule has 0 spiro atoms. The van der Waals surface area contributed by atoms with Crippen molar-refractivity contribution < 1.29 is 17.9 Å². The van der Waals surface area contributed by atoms with Crippen molar-refractivity contribution in [3.63, 3.8) is 0 Å². The van der Waals surface area contributed by atoms with E-state index >= 15 is 0 Å². The van der Waals surface area contributed by atoms with Crippen LogP contribution in [-0.2, 0) is 10.0 Å². The number of methoxy groups -OCH3 is 2.